The third-order valence-electron chi connectivity index (χ3n) is 1.75. The van der Waals surface area contributed by atoms with Gasteiger partial charge in [0.25, 0.3) is 0 Å². The highest BCUT2D eigenvalue weighted by molar-refractivity contribution is 5.97. The van der Waals surface area contributed by atoms with Crippen molar-refractivity contribution in [1.82, 2.24) is 5.16 Å². The van der Waals surface area contributed by atoms with E-state index in [9.17, 15) is 4.79 Å². The van der Waals surface area contributed by atoms with E-state index in [4.69, 9.17) is 15.4 Å². The summed E-state index contributed by atoms with van der Waals surface area (Å²) in [6.07, 6.45) is 1.45. The Balaban J connectivity index is 2.77. The summed E-state index contributed by atoms with van der Waals surface area (Å²) in [6.45, 7) is 0. The highest BCUT2D eigenvalue weighted by Gasteiger charge is 2.09. The van der Waals surface area contributed by atoms with Crippen LogP contribution >= 0.6 is 0 Å². The summed E-state index contributed by atoms with van der Waals surface area (Å²) >= 11 is 0. The first-order valence-electron chi connectivity index (χ1n) is 3.55. The molecule has 0 aliphatic rings. The first kappa shape index (κ1) is 7.60. The van der Waals surface area contributed by atoms with Gasteiger partial charge in [0, 0.05) is 5.69 Å². The molecule has 2 rings (SSSR count). The molecule has 0 unspecified atom stereocenters. The van der Waals surface area contributed by atoms with Crippen molar-refractivity contribution in [2.45, 2.75) is 0 Å². The molecular formula is C8H6N2O3. The SMILES string of the molecule is Nc1cc(C(=O)O)cc2oncc12. The topological polar surface area (TPSA) is 89.4 Å². The van der Waals surface area contributed by atoms with Crippen LogP contribution in [0.15, 0.2) is 22.9 Å². The lowest BCUT2D eigenvalue weighted by atomic mass is 10.1. The maximum absolute atomic E-state index is 10.6. The molecule has 5 nitrogen and oxygen atoms in total. The van der Waals surface area contributed by atoms with Gasteiger partial charge in [-0.3, -0.25) is 0 Å². The maximum atomic E-state index is 10.6. The number of aromatic nitrogens is 1. The maximum Gasteiger partial charge on any atom is 0.335 e. The molecule has 5 heteroatoms. The number of nitrogens with two attached hydrogens (primary N) is 1. The number of rotatable bonds is 1. The third kappa shape index (κ3) is 1.10. The monoisotopic (exact) mass is 178 g/mol. The second kappa shape index (κ2) is 2.48. The van der Waals surface area contributed by atoms with Crippen LogP contribution in [-0.4, -0.2) is 16.2 Å². The second-order valence-corrected chi connectivity index (χ2v) is 2.61. The van der Waals surface area contributed by atoms with Crippen molar-refractivity contribution in [3.05, 3.63) is 23.9 Å². The van der Waals surface area contributed by atoms with Gasteiger partial charge < -0.3 is 15.4 Å². The Morgan fingerprint density at radius 3 is 3.00 bits per heavy atom. The number of nitrogen functional groups attached to an aromatic ring is 1. The summed E-state index contributed by atoms with van der Waals surface area (Å²) in [5.41, 5.74) is 6.42. The Morgan fingerprint density at radius 1 is 1.54 bits per heavy atom. The van der Waals surface area contributed by atoms with Gasteiger partial charge in [0.05, 0.1) is 17.1 Å². The lowest BCUT2D eigenvalue weighted by molar-refractivity contribution is 0.0697. The molecule has 1 aromatic heterocycles. The van der Waals surface area contributed by atoms with Crippen LogP contribution in [0.3, 0.4) is 0 Å². The normalized spacial score (nSPS) is 10.5. The van der Waals surface area contributed by atoms with E-state index >= 15 is 0 Å². The molecule has 0 atom stereocenters. The van der Waals surface area contributed by atoms with E-state index in [0.717, 1.165) is 0 Å². The van der Waals surface area contributed by atoms with Crippen LogP contribution in [0.1, 0.15) is 10.4 Å². The predicted molar refractivity (Wildman–Crippen MR) is 45.4 cm³/mol. The number of benzene rings is 1. The summed E-state index contributed by atoms with van der Waals surface area (Å²) in [4.78, 5) is 10.6. The number of hydrogen-bond acceptors (Lipinski definition) is 4. The number of carbonyl (C=O) groups is 1. The smallest absolute Gasteiger partial charge is 0.335 e. The number of carboxylic acids is 1. The number of carboxylic acid groups (broad SMARTS) is 1. The van der Waals surface area contributed by atoms with Gasteiger partial charge in [0.1, 0.15) is 0 Å². The van der Waals surface area contributed by atoms with Gasteiger partial charge in [-0.25, -0.2) is 4.79 Å². The van der Waals surface area contributed by atoms with Crippen LogP contribution in [-0.2, 0) is 0 Å². The Morgan fingerprint density at radius 2 is 2.31 bits per heavy atom. The fraction of sp³-hybridized carbons (Fsp3) is 0. The number of fused-ring (bicyclic) bond motifs is 1. The van der Waals surface area contributed by atoms with Gasteiger partial charge in [0.2, 0.25) is 0 Å². The summed E-state index contributed by atoms with van der Waals surface area (Å²) < 4.78 is 4.80. The lowest BCUT2D eigenvalue weighted by Crippen LogP contribution is -1.97. The average molecular weight is 178 g/mol. The van der Waals surface area contributed by atoms with Crippen molar-refractivity contribution in [2.75, 3.05) is 5.73 Å². The Labute approximate surface area is 72.7 Å². The average Bonchev–Trinajstić information content (AvgIpc) is 2.51. The van der Waals surface area contributed by atoms with E-state index in [1.807, 2.05) is 0 Å². The first-order valence-corrected chi connectivity index (χ1v) is 3.55. The molecule has 0 saturated carbocycles. The summed E-state index contributed by atoms with van der Waals surface area (Å²) in [6, 6.07) is 2.77. The summed E-state index contributed by atoms with van der Waals surface area (Å²) in [5.74, 6) is -1.04. The lowest BCUT2D eigenvalue weighted by Gasteiger charge is -1.96. The van der Waals surface area contributed by atoms with E-state index in [1.165, 1.54) is 18.3 Å². The van der Waals surface area contributed by atoms with E-state index in [-0.39, 0.29) is 5.56 Å². The van der Waals surface area contributed by atoms with Crippen molar-refractivity contribution in [3.63, 3.8) is 0 Å². The molecule has 0 aliphatic carbocycles. The molecule has 13 heavy (non-hydrogen) atoms. The van der Waals surface area contributed by atoms with E-state index < -0.39 is 5.97 Å². The fourth-order valence-corrected chi connectivity index (χ4v) is 1.12. The zero-order chi connectivity index (χ0) is 9.42. The van der Waals surface area contributed by atoms with Gasteiger partial charge >= 0.3 is 5.97 Å². The van der Waals surface area contributed by atoms with Crippen LogP contribution < -0.4 is 5.73 Å². The molecule has 0 bridgehead atoms. The fourth-order valence-electron chi connectivity index (χ4n) is 1.12. The minimum Gasteiger partial charge on any atom is -0.478 e. The van der Waals surface area contributed by atoms with Gasteiger partial charge in [0.15, 0.2) is 5.58 Å². The highest BCUT2D eigenvalue weighted by atomic mass is 16.5. The number of hydrogen-bond donors (Lipinski definition) is 2. The Hall–Kier alpha value is -2.04. The van der Waals surface area contributed by atoms with Crippen LogP contribution in [0.5, 0.6) is 0 Å². The van der Waals surface area contributed by atoms with Crippen molar-refractivity contribution >= 4 is 22.6 Å². The predicted octanol–water partition coefficient (Wildman–Crippen LogP) is 1.11. The zero-order valence-electron chi connectivity index (χ0n) is 6.52. The molecule has 3 N–H and O–H groups in total. The number of nitrogens with zero attached hydrogens (tertiary/aromatic N) is 1. The van der Waals surface area contributed by atoms with Crippen molar-refractivity contribution in [3.8, 4) is 0 Å². The minimum absolute atomic E-state index is 0.0988. The molecule has 0 spiro atoms. The van der Waals surface area contributed by atoms with E-state index in [1.54, 1.807) is 0 Å². The second-order valence-electron chi connectivity index (χ2n) is 2.61. The van der Waals surface area contributed by atoms with Crippen molar-refractivity contribution in [1.29, 1.82) is 0 Å². The molecule has 1 heterocycles. The molecule has 0 saturated heterocycles. The molecular weight excluding hydrogens is 172 g/mol. The molecule has 0 fully saturated rings. The van der Waals surface area contributed by atoms with Gasteiger partial charge in [-0.1, -0.05) is 5.16 Å². The molecule has 0 radical (unpaired) electrons. The number of anilines is 1. The first-order chi connectivity index (χ1) is 6.18. The standard InChI is InChI=1S/C8H6N2O3/c9-6-1-4(8(11)12)2-7-5(6)3-10-13-7/h1-3H,9H2,(H,11,12). The quantitative estimate of drug-likeness (QED) is 0.638. The van der Waals surface area contributed by atoms with E-state index in [0.29, 0.717) is 16.7 Å². The Bertz CT molecular complexity index is 475. The molecule has 66 valence electrons. The number of aromatic carboxylic acids is 1. The van der Waals surface area contributed by atoms with Crippen LogP contribution in [0.4, 0.5) is 5.69 Å². The Kier molecular flexibility index (Phi) is 1.45. The third-order valence-corrected chi connectivity index (χ3v) is 1.75. The van der Waals surface area contributed by atoms with Crippen LogP contribution in [0.25, 0.3) is 11.0 Å². The highest BCUT2D eigenvalue weighted by Crippen LogP contribution is 2.22. The van der Waals surface area contributed by atoms with Crippen molar-refractivity contribution < 1.29 is 14.4 Å². The van der Waals surface area contributed by atoms with Crippen molar-refractivity contribution in [2.24, 2.45) is 0 Å². The molecule has 2 aromatic rings. The van der Waals surface area contributed by atoms with E-state index in [2.05, 4.69) is 5.16 Å². The largest absolute Gasteiger partial charge is 0.478 e. The summed E-state index contributed by atoms with van der Waals surface area (Å²) in [5, 5.41) is 12.8. The molecule has 0 amide bonds. The van der Waals surface area contributed by atoms with Gasteiger partial charge in [-0.15, -0.1) is 0 Å². The van der Waals surface area contributed by atoms with Crippen LogP contribution in [0.2, 0.25) is 0 Å². The van der Waals surface area contributed by atoms with Gasteiger partial charge in [-0.05, 0) is 12.1 Å². The van der Waals surface area contributed by atoms with Gasteiger partial charge in [-0.2, -0.15) is 0 Å². The summed E-state index contributed by atoms with van der Waals surface area (Å²) in [7, 11) is 0. The molecule has 0 aliphatic heterocycles. The molecule has 1 aromatic carbocycles. The van der Waals surface area contributed by atoms with Crippen LogP contribution in [0, 0.1) is 0 Å². The minimum atomic E-state index is -1.04. The zero-order valence-corrected chi connectivity index (χ0v) is 6.52.